The van der Waals surface area contributed by atoms with E-state index in [1.54, 1.807) is 0 Å². The first-order valence-corrected chi connectivity index (χ1v) is 5.84. The molecule has 0 aliphatic rings. The highest BCUT2D eigenvalue weighted by Crippen LogP contribution is 2.23. The van der Waals surface area contributed by atoms with Gasteiger partial charge >= 0.3 is 5.97 Å². The summed E-state index contributed by atoms with van der Waals surface area (Å²) in [5.74, 6) is -1.44. The summed E-state index contributed by atoms with van der Waals surface area (Å²) >= 11 is 11.4. The molecule has 7 heteroatoms. The monoisotopic (exact) mass is 300 g/mol. The molecule has 0 radical (unpaired) electrons. The number of aromatic carboxylic acids is 1. The van der Waals surface area contributed by atoms with E-state index in [-0.39, 0.29) is 21.6 Å². The molecule has 0 fully saturated rings. The van der Waals surface area contributed by atoms with Gasteiger partial charge < -0.3 is 10.4 Å². The van der Waals surface area contributed by atoms with E-state index < -0.39 is 11.8 Å². The second-order valence-electron chi connectivity index (χ2n) is 3.62. The van der Waals surface area contributed by atoms with Crippen LogP contribution in [0.3, 0.4) is 0 Å². The van der Waals surface area contributed by atoms with Crippen LogP contribution in [0, 0.1) is 5.82 Å². The highest BCUT2D eigenvalue weighted by Gasteiger charge is 2.08. The number of rotatable bonds is 3. The first-order chi connectivity index (χ1) is 8.95. The van der Waals surface area contributed by atoms with Crippen LogP contribution in [0.5, 0.6) is 0 Å². The molecule has 0 amide bonds. The Kier molecular flexibility index (Phi) is 3.87. The minimum Gasteiger partial charge on any atom is -0.478 e. The molecule has 98 valence electrons. The third-order valence-corrected chi connectivity index (χ3v) is 2.72. The van der Waals surface area contributed by atoms with Crippen LogP contribution >= 0.6 is 23.2 Å². The Morgan fingerprint density at radius 2 is 2.00 bits per heavy atom. The number of carboxylic acid groups (broad SMARTS) is 1. The topological polar surface area (TPSA) is 62.2 Å². The second-order valence-corrected chi connectivity index (χ2v) is 4.42. The predicted molar refractivity (Wildman–Crippen MR) is 70.9 cm³/mol. The van der Waals surface area contributed by atoms with Gasteiger partial charge in [-0.15, -0.1) is 0 Å². The summed E-state index contributed by atoms with van der Waals surface area (Å²) in [6.45, 7) is 0. The maximum Gasteiger partial charge on any atom is 0.335 e. The molecule has 4 nitrogen and oxygen atoms in total. The van der Waals surface area contributed by atoms with E-state index in [1.807, 2.05) is 0 Å². The van der Waals surface area contributed by atoms with E-state index in [2.05, 4.69) is 10.3 Å². The Hall–Kier alpha value is -1.85. The van der Waals surface area contributed by atoms with Crippen molar-refractivity contribution in [2.24, 2.45) is 0 Å². The van der Waals surface area contributed by atoms with Gasteiger partial charge in [0.2, 0.25) is 0 Å². The zero-order valence-electron chi connectivity index (χ0n) is 9.32. The number of pyridine rings is 1. The number of hydrogen-bond donors (Lipinski definition) is 2. The van der Waals surface area contributed by atoms with E-state index in [9.17, 15) is 9.18 Å². The predicted octanol–water partition coefficient (Wildman–Crippen LogP) is 3.97. The average Bonchev–Trinajstić information content (AvgIpc) is 2.33. The van der Waals surface area contributed by atoms with Gasteiger partial charge in [-0.3, -0.25) is 0 Å². The first-order valence-electron chi connectivity index (χ1n) is 5.08. The van der Waals surface area contributed by atoms with Crippen LogP contribution in [0.1, 0.15) is 10.4 Å². The molecule has 2 N–H and O–H groups in total. The lowest BCUT2D eigenvalue weighted by Crippen LogP contribution is -2.01. The molecular weight excluding hydrogens is 294 g/mol. The van der Waals surface area contributed by atoms with Crippen LogP contribution in [0.25, 0.3) is 0 Å². The summed E-state index contributed by atoms with van der Waals surface area (Å²) < 4.78 is 13.0. The fourth-order valence-corrected chi connectivity index (χ4v) is 1.80. The van der Waals surface area contributed by atoms with Gasteiger partial charge in [-0.2, -0.15) is 0 Å². The van der Waals surface area contributed by atoms with Crippen LogP contribution in [-0.4, -0.2) is 16.1 Å². The summed E-state index contributed by atoms with van der Waals surface area (Å²) in [6, 6.07) is 6.54. The van der Waals surface area contributed by atoms with Gasteiger partial charge in [0, 0.05) is 5.69 Å². The zero-order chi connectivity index (χ0) is 14.0. The van der Waals surface area contributed by atoms with Crippen molar-refractivity contribution in [1.29, 1.82) is 0 Å². The number of aromatic nitrogens is 1. The van der Waals surface area contributed by atoms with Crippen molar-refractivity contribution in [3.8, 4) is 0 Å². The van der Waals surface area contributed by atoms with Crippen LogP contribution in [0.15, 0.2) is 30.3 Å². The van der Waals surface area contributed by atoms with Crippen molar-refractivity contribution >= 4 is 40.7 Å². The smallest absolute Gasteiger partial charge is 0.335 e. The standard InChI is InChI=1S/C12H7Cl2FN2O2/c13-8-5-7(1-2-9(8)15)16-11-4-6(12(18)19)3-10(14)17-11/h1-5H,(H,16,17)(H,18,19). The molecule has 2 aromatic rings. The molecule has 0 atom stereocenters. The number of hydrogen-bond acceptors (Lipinski definition) is 3. The summed E-state index contributed by atoms with van der Waals surface area (Å²) in [5.41, 5.74) is 0.466. The third-order valence-electron chi connectivity index (χ3n) is 2.23. The van der Waals surface area contributed by atoms with E-state index in [0.717, 1.165) is 0 Å². The molecule has 0 saturated carbocycles. The van der Waals surface area contributed by atoms with Gasteiger partial charge in [-0.25, -0.2) is 14.2 Å². The highest BCUT2D eigenvalue weighted by atomic mass is 35.5. The van der Waals surface area contributed by atoms with Crippen LogP contribution < -0.4 is 5.32 Å². The molecular formula is C12H7Cl2FN2O2. The van der Waals surface area contributed by atoms with Crippen molar-refractivity contribution in [2.45, 2.75) is 0 Å². The second kappa shape index (κ2) is 5.42. The fourth-order valence-electron chi connectivity index (χ4n) is 1.41. The number of halogens is 3. The van der Waals surface area contributed by atoms with Gasteiger partial charge in [0.05, 0.1) is 10.6 Å². The van der Waals surface area contributed by atoms with Crippen molar-refractivity contribution in [2.75, 3.05) is 5.32 Å². The molecule has 2 rings (SSSR count). The zero-order valence-corrected chi connectivity index (χ0v) is 10.8. The van der Waals surface area contributed by atoms with Gasteiger partial charge in [0.1, 0.15) is 16.8 Å². The summed E-state index contributed by atoms with van der Waals surface area (Å²) in [4.78, 5) is 14.8. The van der Waals surface area contributed by atoms with Crippen molar-refractivity contribution in [3.05, 3.63) is 51.9 Å². The van der Waals surface area contributed by atoms with Gasteiger partial charge in [-0.05, 0) is 30.3 Å². The molecule has 0 bridgehead atoms. The van der Waals surface area contributed by atoms with Crippen molar-refractivity contribution in [1.82, 2.24) is 4.98 Å². The first kappa shape index (κ1) is 13.6. The van der Waals surface area contributed by atoms with Gasteiger partial charge in [0.25, 0.3) is 0 Å². The normalized spacial score (nSPS) is 10.3. The Labute approximate surface area is 117 Å². The molecule has 0 aliphatic carbocycles. The highest BCUT2D eigenvalue weighted by molar-refractivity contribution is 6.31. The number of nitrogens with one attached hydrogen (secondary N) is 1. The van der Waals surface area contributed by atoms with E-state index in [4.69, 9.17) is 28.3 Å². The molecule has 0 saturated heterocycles. The molecule has 1 aromatic carbocycles. The molecule has 19 heavy (non-hydrogen) atoms. The Morgan fingerprint density at radius 3 is 2.63 bits per heavy atom. The minimum atomic E-state index is -1.12. The van der Waals surface area contributed by atoms with Crippen LogP contribution in [0.2, 0.25) is 10.2 Å². The molecule has 1 aromatic heterocycles. The van der Waals surface area contributed by atoms with Crippen LogP contribution in [-0.2, 0) is 0 Å². The lowest BCUT2D eigenvalue weighted by molar-refractivity contribution is 0.0697. The van der Waals surface area contributed by atoms with Gasteiger partial charge in [0.15, 0.2) is 0 Å². The van der Waals surface area contributed by atoms with E-state index >= 15 is 0 Å². The Morgan fingerprint density at radius 1 is 1.26 bits per heavy atom. The number of carbonyl (C=O) groups is 1. The lowest BCUT2D eigenvalue weighted by atomic mass is 10.2. The largest absolute Gasteiger partial charge is 0.478 e. The summed E-state index contributed by atoms with van der Waals surface area (Å²) in [6.07, 6.45) is 0. The molecule has 0 unspecified atom stereocenters. The fraction of sp³-hybridized carbons (Fsp3) is 0. The third kappa shape index (κ3) is 3.33. The van der Waals surface area contributed by atoms with Crippen molar-refractivity contribution < 1.29 is 14.3 Å². The lowest BCUT2D eigenvalue weighted by Gasteiger charge is -2.07. The maximum atomic E-state index is 13.0. The maximum absolute atomic E-state index is 13.0. The summed E-state index contributed by atoms with van der Waals surface area (Å²) in [7, 11) is 0. The number of benzene rings is 1. The number of carboxylic acids is 1. The molecule has 0 aliphatic heterocycles. The Bertz CT molecular complexity index is 650. The van der Waals surface area contributed by atoms with Crippen LogP contribution in [0.4, 0.5) is 15.9 Å². The minimum absolute atomic E-state index is 0.00397. The van der Waals surface area contributed by atoms with Crippen molar-refractivity contribution in [3.63, 3.8) is 0 Å². The van der Waals surface area contributed by atoms with E-state index in [1.165, 1.54) is 30.3 Å². The SMILES string of the molecule is O=C(O)c1cc(Cl)nc(Nc2ccc(F)c(Cl)c2)c1. The van der Waals surface area contributed by atoms with E-state index in [0.29, 0.717) is 5.69 Å². The van der Waals surface area contributed by atoms with Gasteiger partial charge in [-0.1, -0.05) is 23.2 Å². The molecule has 1 heterocycles. The number of nitrogens with zero attached hydrogens (tertiary/aromatic N) is 1. The number of anilines is 2. The summed E-state index contributed by atoms with van der Waals surface area (Å²) in [5, 5.41) is 11.7. The molecule has 0 spiro atoms. The quantitative estimate of drug-likeness (QED) is 0.842. The Balaban J connectivity index is 2.32. The average molecular weight is 301 g/mol.